The van der Waals surface area contributed by atoms with Gasteiger partial charge in [0.2, 0.25) is 5.95 Å². The minimum absolute atomic E-state index is 0.00967. The van der Waals surface area contributed by atoms with Gasteiger partial charge in [0.05, 0.1) is 12.6 Å². The van der Waals surface area contributed by atoms with Gasteiger partial charge in [-0.2, -0.15) is 10.1 Å². The molecule has 0 saturated carbocycles. The van der Waals surface area contributed by atoms with Crippen molar-refractivity contribution < 1.29 is 9.90 Å². The van der Waals surface area contributed by atoms with E-state index in [9.17, 15) is 9.90 Å². The molecule has 30 heavy (non-hydrogen) atoms. The van der Waals surface area contributed by atoms with Gasteiger partial charge in [0, 0.05) is 30.6 Å². The van der Waals surface area contributed by atoms with Gasteiger partial charge in [-0.05, 0) is 11.6 Å². The van der Waals surface area contributed by atoms with Gasteiger partial charge in [-0.15, -0.1) is 0 Å². The minimum Gasteiger partial charge on any atom is -0.389 e. The van der Waals surface area contributed by atoms with Crippen molar-refractivity contribution in [3.63, 3.8) is 0 Å². The smallest absolute Gasteiger partial charge is 0.227 e. The van der Waals surface area contributed by atoms with Crippen molar-refractivity contribution in [3.8, 4) is 0 Å². The summed E-state index contributed by atoms with van der Waals surface area (Å²) in [6.45, 7) is 2.80. The van der Waals surface area contributed by atoms with Crippen molar-refractivity contribution in [2.45, 2.75) is 18.9 Å². The van der Waals surface area contributed by atoms with Crippen LogP contribution in [0.3, 0.4) is 0 Å². The third-order valence-corrected chi connectivity index (χ3v) is 5.05. The van der Waals surface area contributed by atoms with Gasteiger partial charge in [0.1, 0.15) is 0 Å². The molecule has 2 heterocycles. The summed E-state index contributed by atoms with van der Waals surface area (Å²) >= 11 is 0. The van der Waals surface area contributed by atoms with Crippen LogP contribution in [0.5, 0.6) is 0 Å². The van der Waals surface area contributed by atoms with Crippen molar-refractivity contribution in [3.05, 3.63) is 77.1 Å². The molecule has 2 unspecified atom stereocenters. The normalized spacial score (nSPS) is 17.0. The second-order valence-corrected chi connectivity index (χ2v) is 7.31. The number of carbonyl (C=O) groups excluding carboxylic acids is 1. The number of hydrogen-bond donors (Lipinski definition) is 3. The molecular weight excluding hydrogens is 380 g/mol. The van der Waals surface area contributed by atoms with Crippen LogP contribution in [0.2, 0.25) is 0 Å². The van der Waals surface area contributed by atoms with Crippen LogP contribution in [0.1, 0.15) is 40.2 Å². The molecule has 1 aromatic heterocycles. The fourth-order valence-electron chi connectivity index (χ4n) is 3.27. The zero-order valence-corrected chi connectivity index (χ0v) is 16.9. The first-order valence-corrected chi connectivity index (χ1v) is 9.85. The maximum Gasteiger partial charge on any atom is 0.227 e. The van der Waals surface area contributed by atoms with Crippen LogP contribution in [0.25, 0.3) is 0 Å². The molecule has 3 aromatic rings. The third-order valence-electron chi connectivity index (χ3n) is 5.05. The number of aromatic nitrogens is 3. The number of benzene rings is 2. The summed E-state index contributed by atoms with van der Waals surface area (Å²) < 4.78 is 1.65. The van der Waals surface area contributed by atoms with E-state index in [1.807, 2.05) is 61.5 Å². The van der Waals surface area contributed by atoms with E-state index >= 15 is 0 Å². The second kappa shape index (κ2) is 8.46. The number of rotatable bonds is 5. The highest BCUT2D eigenvalue weighted by molar-refractivity contribution is 6.09. The average molecular weight is 404 g/mol. The molecule has 1 aliphatic rings. The summed E-state index contributed by atoms with van der Waals surface area (Å²) in [5, 5.41) is 20.2. The lowest BCUT2D eigenvalue weighted by Crippen LogP contribution is -2.42. The van der Waals surface area contributed by atoms with Gasteiger partial charge in [-0.25, -0.2) is 4.68 Å². The van der Waals surface area contributed by atoms with Crippen LogP contribution >= 0.6 is 0 Å². The van der Waals surface area contributed by atoms with Crippen LogP contribution in [-0.2, 0) is 7.05 Å². The summed E-state index contributed by atoms with van der Waals surface area (Å²) in [6, 6.07) is 16.8. The van der Waals surface area contributed by atoms with E-state index in [1.54, 1.807) is 11.7 Å². The molecule has 3 N–H and O–H groups in total. The molecule has 0 amide bonds. The number of carbonyl (C=O) groups is 1. The van der Waals surface area contributed by atoms with Crippen LogP contribution in [-0.4, -0.2) is 50.8 Å². The first-order valence-electron chi connectivity index (χ1n) is 9.85. The summed E-state index contributed by atoms with van der Waals surface area (Å²) in [6.07, 6.45) is -0.475. The highest BCUT2D eigenvalue weighted by Crippen LogP contribution is 2.24. The predicted molar refractivity (Wildman–Crippen MR) is 115 cm³/mol. The number of aliphatic hydroxyl groups excluding tert-OH is 1. The Kier molecular flexibility index (Phi) is 5.58. The number of β-amino-alcohol motifs (C(OH)–C–C–N with tert-alkyl or cyclic N) is 1. The Morgan fingerprint density at radius 1 is 1.20 bits per heavy atom. The molecule has 0 fully saturated rings. The first kappa shape index (κ1) is 19.8. The minimum atomic E-state index is -0.475. The van der Waals surface area contributed by atoms with E-state index in [2.05, 4.69) is 25.7 Å². The Balaban J connectivity index is 1.54. The zero-order valence-electron chi connectivity index (χ0n) is 16.9. The molecular formula is C22H24N6O2. The highest BCUT2D eigenvalue weighted by Gasteiger charge is 2.19. The monoisotopic (exact) mass is 404 g/mol. The summed E-state index contributed by atoms with van der Waals surface area (Å²) in [5.41, 5.74) is 2.26. The van der Waals surface area contributed by atoms with Crippen molar-refractivity contribution >= 4 is 17.7 Å². The molecule has 0 radical (unpaired) electrons. The molecule has 4 rings (SSSR count). The Labute approximate surface area is 174 Å². The summed E-state index contributed by atoms with van der Waals surface area (Å²) in [5.74, 6) is 1.64. The van der Waals surface area contributed by atoms with Crippen molar-refractivity contribution in [2.75, 3.05) is 18.4 Å². The number of anilines is 1. The Morgan fingerprint density at radius 2 is 1.97 bits per heavy atom. The molecule has 8 nitrogen and oxygen atoms in total. The number of nitrogens with one attached hydrogen (secondary N) is 2. The molecule has 0 bridgehead atoms. The topological polar surface area (TPSA) is 104 Å². The van der Waals surface area contributed by atoms with E-state index < -0.39 is 6.10 Å². The van der Waals surface area contributed by atoms with Crippen LogP contribution in [0.15, 0.2) is 59.6 Å². The number of aliphatic hydroxyl groups is 1. The fraction of sp³-hybridized carbons (Fsp3) is 0.273. The number of hydrogen-bond acceptors (Lipinski definition) is 7. The number of guanidine groups is 1. The molecule has 2 atom stereocenters. The lowest BCUT2D eigenvalue weighted by molar-refractivity contribution is 0.103. The van der Waals surface area contributed by atoms with Crippen molar-refractivity contribution in [1.82, 2.24) is 20.1 Å². The molecule has 154 valence electrons. The van der Waals surface area contributed by atoms with E-state index in [-0.39, 0.29) is 11.7 Å². The standard InChI is InChI=1S/C22H24N6O2/c1-14(16-9-6-10-17(11-16)19(30)15-7-4-3-5-8-15)20-25-22(28(2)27-20)26-21-23-12-18(29)13-24-21/h3-11,14,18,29H,12-13H2,1-2H3,(H2,23,24,25,26,27). The largest absolute Gasteiger partial charge is 0.389 e. The Morgan fingerprint density at radius 3 is 2.70 bits per heavy atom. The molecule has 0 saturated heterocycles. The Hall–Kier alpha value is -3.52. The van der Waals surface area contributed by atoms with Crippen LogP contribution in [0.4, 0.5) is 5.95 Å². The number of ketones is 1. The molecule has 0 spiro atoms. The van der Waals surface area contributed by atoms with Gasteiger partial charge < -0.3 is 10.4 Å². The lowest BCUT2D eigenvalue weighted by atomic mass is 9.95. The van der Waals surface area contributed by atoms with E-state index in [4.69, 9.17) is 0 Å². The van der Waals surface area contributed by atoms with Gasteiger partial charge in [0.15, 0.2) is 17.6 Å². The summed E-state index contributed by atoms with van der Waals surface area (Å²) in [4.78, 5) is 21.6. The number of nitrogens with zero attached hydrogens (tertiary/aromatic N) is 4. The second-order valence-electron chi connectivity index (χ2n) is 7.31. The lowest BCUT2D eigenvalue weighted by Gasteiger charge is -2.19. The van der Waals surface area contributed by atoms with Gasteiger partial charge in [0.25, 0.3) is 0 Å². The number of aryl methyl sites for hydroxylation is 1. The van der Waals surface area contributed by atoms with E-state index in [0.29, 0.717) is 41.9 Å². The molecule has 1 aliphatic heterocycles. The van der Waals surface area contributed by atoms with Gasteiger partial charge >= 0.3 is 0 Å². The van der Waals surface area contributed by atoms with Crippen molar-refractivity contribution in [1.29, 1.82) is 0 Å². The van der Waals surface area contributed by atoms with Crippen LogP contribution < -0.4 is 10.6 Å². The molecule has 2 aromatic carbocycles. The van der Waals surface area contributed by atoms with Gasteiger partial charge in [-0.3, -0.25) is 15.1 Å². The third kappa shape index (κ3) is 4.23. The SMILES string of the molecule is CC(c1cccc(C(=O)c2ccccc2)c1)c1nc(NC2=NCC(O)CN2)n(C)n1. The highest BCUT2D eigenvalue weighted by atomic mass is 16.3. The van der Waals surface area contributed by atoms with Crippen LogP contribution in [0, 0.1) is 0 Å². The maximum absolute atomic E-state index is 12.8. The maximum atomic E-state index is 12.8. The summed E-state index contributed by atoms with van der Waals surface area (Å²) in [7, 11) is 1.80. The van der Waals surface area contributed by atoms with E-state index in [0.717, 1.165) is 5.56 Å². The van der Waals surface area contributed by atoms with Crippen molar-refractivity contribution in [2.24, 2.45) is 12.0 Å². The average Bonchev–Trinajstić information content (AvgIpc) is 3.15. The first-order chi connectivity index (χ1) is 14.5. The quantitative estimate of drug-likeness (QED) is 0.562. The van der Waals surface area contributed by atoms with E-state index in [1.165, 1.54) is 0 Å². The fourth-order valence-corrected chi connectivity index (χ4v) is 3.27. The number of aliphatic imine (C=N–C) groups is 1. The Bertz CT molecular complexity index is 1080. The zero-order chi connectivity index (χ0) is 21.1. The van der Waals surface area contributed by atoms with Gasteiger partial charge in [-0.1, -0.05) is 55.5 Å². The molecule has 0 aliphatic carbocycles. The molecule has 8 heteroatoms. The predicted octanol–water partition coefficient (Wildman–Crippen LogP) is 1.93.